The van der Waals surface area contributed by atoms with Crippen LogP contribution in [0.2, 0.25) is 0 Å². The van der Waals surface area contributed by atoms with Gasteiger partial charge in [0.2, 0.25) is 0 Å². The third-order valence-corrected chi connectivity index (χ3v) is 3.35. The second-order valence-electron chi connectivity index (χ2n) is 4.53. The number of hydrogen-bond acceptors (Lipinski definition) is 3. The number of rotatable bonds is 4. The van der Waals surface area contributed by atoms with Crippen LogP contribution in [0.25, 0.3) is 0 Å². The Kier molecular flexibility index (Phi) is 4.32. The largest absolute Gasteiger partial charge is 0.487 e. The van der Waals surface area contributed by atoms with E-state index in [1.54, 1.807) is 0 Å². The summed E-state index contributed by atoms with van der Waals surface area (Å²) in [5, 5.41) is 0. The number of nitrogens with zero attached hydrogens (tertiary/aromatic N) is 1. The number of ether oxygens (including phenoxy) is 1. The molecule has 0 amide bonds. The number of halogens is 1. The number of hydrogen-bond donors (Lipinski definition) is 1. The Morgan fingerprint density at radius 3 is 2.42 bits per heavy atom. The van der Waals surface area contributed by atoms with Gasteiger partial charge in [-0.25, -0.2) is 0 Å². The maximum atomic E-state index is 5.93. The molecule has 2 aromatic rings. The number of benzene rings is 2. The molecule has 100 valence electrons. The summed E-state index contributed by atoms with van der Waals surface area (Å²) >= 11 is 3.41. The average Bonchev–Trinajstić information content (AvgIpc) is 2.39. The van der Waals surface area contributed by atoms with Gasteiger partial charge in [-0.3, -0.25) is 0 Å². The minimum atomic E-state index is 0.508. The molecule has 0 unspecified atom stereocenters. The summed E-state index contributed by atoms with van der Waals surface area (Å²) < 4.78 is 6.85. The van der Waals surface area contributed by atoms with E-state index in [2.05, 4.69) is 15.9 Å². The molecule has 2 N–H and O–H groups in total. The molecular weight excluding hydrogens is 304 g/mol. The summed E-state index contributed by atoms with van der Waals surface area (Å²) in [6.45, 7) is 0.508. The maximum Gasteiger partial charge on any atom is 0.144 e. The first-order valence-corrected chi connectivity index (χ1v) is 6.79. The Morgan fingerprint density at radius 2 is 1.79 bits per heavy atom. The lowest BCUT2D eigenvalue weighted by atomic mass is 10.2. The van der Waals surface area contributed by atoms with Crippen molar-refractivity contribution in [2.45, 2.75) is 6.61 Å². The molecule has 2 aromatic carbocycles. The first kappa shape index (κ1) is 13.7. The van der Waals surface area contributed by atoms with Gasteiger partial charge in [0.05, 0.1) is 5.69 Å². The highest BCUT2D eigenvalue weighted by Crippen LogP contribution is 2.27. The van der Waals surface area contributed by atoms with Gasteiger partial charge < -0.3 is 15.4 Å². The van der Waals surface area contributed by atoms with E-state index in [0.717, 1.165) is 15.7 Å². The van der Waals surface area contributed by atoms with E-state index < -0.39 is 0 Å². The van der Waals surface area contributed by atoms with Crippen molar-refractivity contribution in [1.82, 2.24) is 0 Å². The van der Waals surface area contributed by atoms with E-state index in [1.165, 1.54) is 0 Å². The van der Waals surface area contributed by atoms with Crippen LogP contribution in [0.4, 0.5) is 11.4 Å². The molecule has 0 spiro atoms. The van der Waals surface area contributed by atoms with Crippen molar-refractivity contribution in [3.8, 4) is 5.75 Å². The van der Waals surface area contributed by atoms with Gasteiger partial charge in [-0.05, 0) is 29.8 Å². The fourth-order valence-electron chi connectivity index (χ4n) is 1.67. The number of anilines is 2. The SMILES string of the molecule is CN(C)c1ccc(N)c(OCc2ccc(Br)cc2)c1. The van der Waals surface area contributed by atoms with Gasteiger partial charge in [0.15, 0.2) is 0 Å². The molecular formula is C15H17BrN2O. The monoisotopic (exact) mass is 320 g/mol. The zero-order chi connectivity index (χ0) is 13.8. The summed E-state index contributed by atoms with van der Waals surface area (Å²) in [5.74, 6) is 0.717. The first-order chi connectivity index (χ1) is 9.06. The highest BCUT2D eigenvalue weighted by atomic mass is 79.9. The second-order valence-corrected chi connectivity index (χ2v) is 5.45. The molecule has 0 saturated heterocycles. The summed E-state index contributed by atoms with van der Waals surface area (Å²) in [6.07, 6.45) is 0. The molecule has 0 atom stereocenters. The van der Waals surface area contributed by atoms with Crippen LogP contribution in [0.15, 0.2) is 46.9 Å². The van der Waals surface area contributed by atoms with E-state index in [0.29, 0.717) is 18.0 Å². The Labute approximate surface area is 122 Å². The fourth-order valence-corrected chi connectivity index (χ4v) is 1.93. The highest BCUT2D eigenvalue weighted by Gasteiger charge is 2.04. The van der Waals surface area contributed by atoms with Crippen LogP contribution in [-0.4, -0.2) is 14.1 Å². The van der Waals surface area contributed by atoms with E-state index in [-0.39, 0.29) is 0 Å². The first-order valence-electron chi connectivity index (χ1n) is 6.00. The maximum absolute atomic E-state index is 5.93. The normalized spacial score (nSPS) is 10.3. The summed E-state index contributed by atoms with van der Waals surface area (Å²) in [4.78, 5) is 2.02. The lowest BCUT2D eigenvalue weighted by Crippen LogP contribution is -2.09. The van der Waals surface area contributed by atoms with Gasteiger partial charge in [0, 0.05) is 30.3 Å². The van der Waals surface area contributed by atoms with Crippen molar-refractivity contribution < 1.29 is 4.74 Å². The molecule has 3 nitrogen and oxygen atoms in total. The quantitative estimate of drug-likeness (QED) is 0.873. The van der Waals surface area contributed by atoms with Crippen LogP contribution in [0.5, 0.6) is 5.75 Å². The van der Waals surface area contributed by atoms with Crippen molar-refractivity contribution in [2.75, 3.05) is 24.7 Å². The van der Waals surface area contributed by atoms with Crippen LogP contribution < -0.4 is 15.4 Å². The predicted molar refractivity (Wildman–Crippen MR) is 83.7 cm³/mol. The minimum Gasteiger partial charge on any atom is -0.487 e. The smallest absolute Gasteiger partial charge is 0.144 e. The summed E-state index contributed by atoms with van der Waals surface area (Å²) in [7, 11) is 3.98. The van der Waals surface area contributed by atoms with E-state index >= 15 is 0 Å². The van der Waals surface area contributed by atoms with Crippen molar-refractivity contribution in [3.05, 3.63) is 52.5 Å². The zero-order valence-corrected chi connectivity index (χ0v) is 12.6. The molecule has 0 aromatic heterocycles. The van der Waals surface area contributed by atoms with Gasteiger partial charge in [-0.15, -0.1) is 0 Å². The van der Waals surface area contributed by atoms with Crippen LogP contribution in [0, 0.1) is 0 Å². The Balaban J connectivity index is 2.10. The molecule has 0 saturated carbocycles. The summed E-state index contributed by atoms with van der Waals surface area (Å²) in [6, 6.07) is 13.8. The van der Waals surface area contributed by atoms with Gasteiger partial charge in [-0.2, -0.15) is 0 Å². The molecule has 0 fully saturated rings. The molecule has 2 rings (SSSR count). The predicted octanol–water partition coefficient (Wildman–Crippen LogP) is 3.68. The van der Waals surface area contributed by atoms with Crippen LogP contribution in [0.3, 0.4) is 0 Å². The van der Waals surface area contributed by atoms with Gasteiger partial charge in [0.25, 0.3) is 0 Å². The molecule has 0 aliphatic rings. The lowest BCUT2D eigenvalue weighted by Gasteiger charge is -2.15. The molecule has 0 bridgehead atoms. The van der Waals surface area contributed by atoms with Crippen molar-refractivity contribution in [1.29, 1.82) is 0 Å². The topological polar surface area (TPSA) is 38.5 Å². The number of nitrogens with two attached hydrogens (primary N) is 1. The third-order valence-electron chi connectivity index (χ3n) is 2.82. The van der Waals surface area contributed by atoms with Gasteiger partial charge in [0.1, 0.15) is 12.4 Å². The van der Waals surface area contributed by atoms with Crippen molar-refractivity contribution in [3.63, 3.8) is 0 Å². The van der Waals surface area contributed by atoms with Crippen LogP contribution in [0.1, 0.15) is 5.56 Å². The third kappa shape index (κ3) is 3.64. The van der Waals surface area contributed by atoms with E-state index in [1.807, 2.05) is 61.5 Å². The van der Waals surface area contributed by atoms with Crippen LogP contribution in [-0.2, 0) is 6.61 Å². The average molecular weight is 321 g/mol. The zero-order valence-electron chi connectivity index (χ0n) is 11.1. The second kappa shape index (κ2) is 5.97. The van der Waals surface area contributed by atoms with Gasteiger partial charge in [-0.1, -0.05) is 28.1 Å². The Bertz CT molecular complexity index is 553. The highest BCUT2D eigenvalue weighted by molar-refractivity contribution is 9.10. The fraction of sp³-hybridized carbons (Fsp3) is 0.200. The molecule has 4 heteroatoms. The standard InChI is InChI=1S/C15H17BrN2O/c1-18(2)13-7-8-14(17)15(9-13)19-10-11-3-5-12(16)6-4-11/h3-9H,10,17H2,1-2H3. The Hall–Kier alpha value is -1.68. The molecule has 0 heterocycles. The molecule has 0 aliphatic carbocycles. The molecule has 0 aliphatic heterocycles. The Morgan fingerprint density at radius 1 is 1.11 bits per heavy atom. The lowest BCUT2D eigenvalue weighted by molar-refractivity contribution is 0.308. The molecule has 19 heavy (non-hydrogen) atoms. The summed E-state index contributed by atoms with van der Waals surface area (Å²) in [5.41, 5.74) is 8.76. The van der Waals surface area contributed by atoms with E-state index in [4.69, 9.17) is 10.5 Å². The van der Waals surface area contributed by atoms with Crippen LogP contribution >= 0.6 is 15.9 Å². The van der Waals surface area contributed by atoms with Crippen molar-refractivity contribution in [2.24, 2.45) is 0 Å². The van der Waals surface area contributed by atoms with E-state index in [9.17, 15) is 0 Å². The van der Waals surface area contributed by atoms with Crippen molar-refractivity contribution >= 4 is 27.3 Å². The van der Waals surface area contributed by atoms with Gasteiger partial charge >= 0.3 is 0 Å². The number of nitrogen functional groups attached to an aromatic ring is 1. The molecule has 0 radical (unpaired) electrons. The minimum absolute atomic E-state index is 0.508.